The van der Waals surface area contributed by atoms with Crippen molar-refractivity contribution in [1.29, 1.82) is 0 Å². The Hall–Kier alpha value is -2.79. The highest BCUT2D eigenvalue weighted by molar-refractivity contribution is 7.15. The first kappa shape index (κ1) is 18.0. The fraction of sp³-hybridized carbons (Fsp3) is 0.0667. The summed E-state index contributed by atoms with van der Waals surface area (Å²) in [7, 11) is 0. The Kier molecular flexibility index (Phi) is 5.00. The second-order valence-corrected chi connectivity index (χ2v) is 6.80. The van der Waals surface area contributed by atoms with Crippen molar-refractivity contribution >= 4 is 45.3 Å². The Labute approximate surface area is 152 Å². The van der Waals surface area contributed by atoms with Crippen molar-refractivity contribution in [3.63, 3.8) is 0 Å². The minimum Gasteiger partial charge on any atom is -0.321 e. The summed E-state index contributed by atoms with van der Waals surface area (Å²) in [5, 5.41) is 11.6. The second-order valence-electron chi connectivity index (χ2n) is 4.87. The van der Waals surface area contributed by atoms with Gasteiger partial charge >= 0.3 is 6.18 Å². The van der Waals surface area contributed by atoms with Gasteiger partial charge in [-0.15, -0.1) is 21.5 Å². The minimum absolute atomic E-state index is 0.197. The first-order valence-electron chi connectivity index (χ1n) is 7.00. The van der Waals surface area contributed by atoms with E-state index >= 15 is 0 Å². The summed E-state index contributed by atoms with van der Waals surface area (Å²) in [4.78, 5) is 24.5. The number of benzene rings is 1. The fourth-order valence-corrected chi connectivity index (χ4v) is 3.09. The predicted molar refractivity (Wildman–Crippen MR) is 91.6 cm³/mol. The van der Waals surface area contributed by atoms with Crippen LogP contribution in [0.4, 0.5) is 24.0 Å². The molecule has 2 N–H and O–H groups in total. The Balaban J connectivity index is 1.63. The van der Waals surface area contributed by atoms with Gasteiger partial charge in [-0.25, -0.2) is 0 Å². The first-order valence-corrected chi connectivity index (χ1v) is 8.69. The molecule has 0 saturated heterocycles. The molecule has 0 saturated carbocycles. The van der Waals surface area contributed by atoms with Gasteiger partial charge in [0.15, 0.2) is 0 Å². The molecule has 11 heteroatoms. The van der Waals surface area contributed by atoms with E-state index in [2.05, 4.69) is 20.8 Å². The van der Waals surface area contributed by atoms with Gasteiger partial charge in [0.25, 0.3) is 11.8 Å². The monoisotopic (exact) mass is 398 g/mol. The van der Waals surface area contributed by atoms with Gasteiger partial charge in [0.2, 0.25) is 10.1 Å². The highest BCUT2D eigenvalue weighted by Gasteiger charge is 2.35. The molecule has 1 aromatic carbocycles. The van der Waals surface area contributed by atoms with E-state index in [1.54, 1.807) is 17.5 Å². The molecule has 0 bridgehead atoms. The standard InChI is InChI=1S/C15H9F3N4O2S2/c16-15(17,18)13-21-22-14(26-13)20-11(23)8-3-5-9(6-4-8)19-12(24)10-2-1-7-25-10/h1-7H,(H,19,24)(H,20,22,23). The van der Waals surface area contributed by atoms with Crippen molar-refractivity contribution < 1.29 is 22.8 Å². The van der Waals surface area contributed by atoms with Crippen LogP contribution in [-0.2, 0) is 6.18 Å². The molecular formula is C15H9F3N4O2S2. The third-order valence-electron chi connectivity index (χ3n) is 3.04. The van der Waals surface area contributed by atoms with Crippen LogP contribution < -0.4 is 10.6 Å². The van der Waals surface area contributed by atoms with E-state index in [1.165, 1.54) is 35.6 Å². The third kappa shape index (κ3) is 4.24. The average molecular weight is 398 g/mol. The van der Waals surface area contributed by atoms with Gasteiger partial charge < -0.3 is 5.32 Å². The molecule has 0 unspecified atom stereocenters. The predicted octanol–water partition coefficient (Wildman–Crippen LogP) is 4.12. The van der Waals surface area contributed by atoms with Crippen LogP contribution in [0.2, 0.25) is 0 Å². The quantitative estimate of drug-likeness (QED) is 0.692. The summed E-state index contributed by atoms with van der Waals surface area (Å²) < 4.78 is 37.4. The molecule has 0 aliphatic heterocycles. The van der Waals surface area contributed by atoms with Crippen LogP contribution in [0.15, 0.2) is 41.8 Å². The van der Waals surface area contributed by atoms with E-state index in [1.807, 2.05) is 0 Å². The molecule has 2 aromatic heterocycles. The molecule has 0 atom stereocenters. The highest BCUT2D eigenvalue weighted by atomic mass is 32.1. The summed E-state index contributed by atoms with van der Waals surface area (Å²) in [6.07, 6.45) is -4.61. The van der Waals surface area contributed by atoms with E-state index in [0.29, 0.717) is 10.6 Å². The van der Waals surface area contributed by atoms with E-state index in [0.717, 1.165) is 0 Å². The highest BCUT2D eigenvalue weighted by Crippen LogP contribution is 2.33. The summed E-state index contributed by atoms with van der Waals surface area (Å²) in [5.41, 5.74) is 0.679. The van der Waals surface area contributed by atoms with Gasteiger partial charge in [-0.1, -0.05) is 17.4 Å². The van der Waals surface area contributed by atoms with Crippen LogP contribution in [0, 0.1) is 0 Å². The molecule has 0 radical (unpaired) electrons. The zero-order valence-corrected chi connectivity index (χ0v) is 14.3. The van der Waals surface area contributed by atoms with Crippen molar-refractivity contribution in [3.05, 3.63) is 57.2 Å². The van der Waals surface area contributed by atoms with Gasteiger partial charge in [0.1, 0.15) is 0 Å². The molecule has 26 heavy (non-hydrogen) atoms. The Bertz CT molecular complexity index is 921. The number of hydrogen-bond donors (Lipinski definition) is 2. The molecular weight excluding hydrogens is 389 g/mol. The lowest BCUT2D eigenvalue weighted by Crippen LogP contribution is -2.13. The molecule has 2 heterocycles. The molecule has 0 aliphatic carbocycles. The molecule has 2 amide bonds. The summed E-state index contributed by atoms with van der Waals surface area (Å²) in [5.74, 6) is -0.906. The van der Waals surface area contributed by atoms with Crippen molar-refractivity contribution in [2.45, 2.75) is 6.18 Å². The maximum Gasteiger partial charge on any atom is 0.445 e. The van der Waals surface area contributed by atoms with E-state index in [4.69, 9.17) is 0 Å². The first-order chi connectivity index (χ1) is 12.3. The number of anilines is 2. The maximum atomic E-state index is 12.5. The molecule has 3 rings (SSSR count). The van der Waals surface area contributed by atoms with Gasteiger partial charge in [0, 0.05) is 11.3 Å². The smallest absolute Gasteiger partial charge is 0.321 e. The Morgan fingerprint density at radius 1 is 0.962 bits per heavy atom. The van der Waals surface area contributed by atoms with Crippen LogP contribution in [0.1, 0.15) is 25.0 Å². The van der Waals surface area contributed by atoms with Gasteiger partial charge in [0.05, 0.1) is 4.88 Å². The average Bonchev–Trinajstić information content (AvgIpc) is 3.26. The maximum absolute atomic E-state index is 12.5. The minimum atomic E-state index is -4.61. The van der Waals surface area contributed by atoms with Crippen molar-refractivity contribution in [2.24, 2.45) is 0 Å². The van der Waals surface area contributed by atoms with E-state index in [9.17, 15) is 22.8 Å². The molecule has 0 aliphatic rings. The van der Waals surface area contributed by atoms with Gasteiger partial charge in [-0.2, -0.15) is 13.2 Å². The summed E-state index contributed by atoms with van der Waals surface area (Å²) in [6.45, 7) is 0. The van der Waals surface area contributed by atoms with Crippen LogP contribution >= 0.6 is 22.7 Å². The van der Waals surface area contributed by atoms with Crippen LogP contribution in [0.25, 0.3) is 0 Å². The summed E-state index contributed by atoms with van der Waals surface area (Å²) >= 11 is 1.53. The van der Waals surface area contributed by atoms with E-state index < -0.39 is 17.1 Å². The number of carbonyl (C=O) groups excluding carboxylic acids is 2. The number of rotatable bonds is 4. The zero-order valence-electron chi connectivity index (χ0n) is 12.7. The zero-order chi connectivity index (χ0) is 18.7. The molecule has 0 spiro atoms. The number of thiophene rings is 1. The number of amides is 2. The fourth-order valence-electron chi connectivity index (χ4n) is 1.86. The van der Waals surface area contributed by atoms with Crippen molar-refractivity contribution in [1.82, 2.24) is 10.2 Å². The lowest BCUT2D eigenvalue weighted by Gasteiger charge is -2.05. The molecule has 6 nitrogen and oxygen atoms in total. The topological polar surface area (TPSA) is 84.0 Å². The Morgan fingerprint density at radius 3 is 2.27 bits per heavy atom. The lowest BCUT2D eigenvalue weighted by atomic mass is 10.2. The number of hydrogen-bond acceptors (Lipinski definition) is 6. The van der Waals surface area contributed by atoms with Crippen molar-refractivity contribution in [2.75, 3.05) is 10.6 Å². The Morgan fingerprint density at radius 2 is 1.69 bits per heavy atom. The third-order valence-corrected chi connectivity index (χ3v) is 4.79. The number of carbonyl (C=O) groups is 2. The van der Waals surface area contributed by atoms with Crippen LogP contribution in [0.3, 0.4) is 0 Å². The van der Waals surface area contributed by atoms with Gasteiger partial charge in [-0.05, 0) is 35.7 Å². The van der Waals surface area contributed by atoms with Crippen LogP contribution in [-0.4, -0.2) is 22.0 Å². The largest absolute Gasteiger partial charge is 0.445 e. The van der Waals surface area contributed by atoms with Crippen LogP contribution in [0.5, 0.6) is 0 Å². The number of nitrogens with zero attached hydrogens (tertiary/aromatic N) is 2. The summed E-state index contributed by atoms with van der Waals surface area (Å²) in [6, 6.07) is 9.34. The second kappa shape index (κ2) is 7.22. The number of halogens is 3. The molecule has 3 aromatic rings. The number of nitrogens with one attached hydrogen (secondary N) is 2. The van der Waals surface area contributed by atoms with E-state index in [-0.39, 0.29) is 27.9 Å². The lowest BCUT2D eigenvalue weighted by molar-refractivity contribution is -0.138. The molecule has 0 fully saturated rings. The van der Waals surface area contributed by atoms with Gasteiger partial charge in [-0.3, -0.25) is 14.9 Å². The van der Waals surface area contributed by atoms with Crippen molar-refractivity contribution in [3.8, 4) is 0 Å². The molecule has 134 valence electrons. The number of alkyl halides is 3. The normalized spacial score (nSPS) is 11.2. The SMILES string of the molecule is O=C(Nc1nnc(C(F)(F)F)s1)c1ccc(NC(=O)c2cccs2)cc1. The number of aromatic nitrogens is 2.